The lowest BCUT2D eigenvalue weighted by Gasteiger charge is -2.13. The summed E-state index contributed by atoms with van der Waals surface area (Å²) in [5.41, 5.74) is -0.346. The smallest absolute Gasteiger partial charge is 0.298 e. The van der Waals surface area contributed by atoms with E-state index in [0.29, 0.717) is 11.1 Å². The van der Waals surface area contributed by atoms with E-state index in [0.717, 1.165) is 6.07 Å². The van der Waals surface area contributed by atoms with Crippen LogP contribution in [-0.4, -0.2) is 6.29 Å². The van der Waals surface area contributed by atoms with Crippen LogP contribution >= 0.6 is 0 Å². The number of alkyl halides is 3. The van der Waals surface area contributed by atoms with E-state index in [1.165, 1.54) is 12.1 Å². The summed E-state index contributed by atoms with van der Waals surface area (Å²) in [6.45, 7) is 0. The number of carbonyl (C=O) groups is 1. The number of benzene rings is 2. The Morgan fingerprint density at radius 2 is 1.56 bits per heavy atom. The molecule has 0 radical (unpaired) electrons. The quantitative estimate of drug-likeness (QED) is 0.730. The second-order valence-corrected chi connectivity index (χ2v) is 3.75. The summed E-state index contributed by atoms with van der Waals surface area (Å²) in [5, 5.41) is 0. The number of aldehydes is 1. The Morgan fingerprint density at radius 1 is 0.889 bits per heavy atom. The van der Waals surface area contributed by atoms with Gasteiger partial charge in [-0.15, -0.1) is 0 Å². The van der Waals surface area contributed by atoms with Crippen LogP contribution in [0.15, 0.2) is 48.5 Å². The molecular weight excluding hydrogens is 241 g/mol. The van der Waals surface area contributed by atoms with Crippen LogP contribution in [0.3, 0.4) is 0 Å². The Balaban J connectivity index is 2.67. The van der Waals surface area contributed by atoms with E-state index >= 15 is 0 Å². The molecular formula is C14H9F3O. The van der Waals surface area contributed by atoms with Gasteiger partial charge in [0.05, 0.1) is 5.56 Å². The van der Waals surface area contributed by atoms with Crippen molar-refractivity contribution < 1.29 is 18.0 Å². The molecule has 0 amide bonds. The van der Waals surface area contributed by atoms with Crippen LogP contribution in [-0.2, 0) is 6.18 Å². The van der Waals surface area contributed by atoms with Crippen LogP contribution in [0.25, 0.3) is 11.1 Å². The van der Waals surface area contributed by atoms with Crippen molar-refractivity contribution in [1.82, 2.24) is 0 Å². The number of carbonyl (C=O) groups excluding carboxylic acids is 1. The highest BCUT2D eigenvalue weighted by atomic mass is 19.4. The second kappa shape index (κ2) is 4.64. The molecule has 0 aliphatic rings. The lowest BCUT2D eigenvalue weighted by Crippen LogP contribution is -2.09. The third-order valence-corrected chi connectivity index (χ3v) is 2.61. The highest BCUT2D eigenvalue weighted by molar-refractivity contribution is 5.89. The summed E-state index contributed by atoms with van der Waals surface area (Å²) in [6, 6.07) is 12.2. The van der Waals surface area contributed by atoms with Crippen molar-refractivity contribution in [2.45, 2.75) is 6.18 Å². The van der Waals surface area contributed by atoms with Crippen molar-refractivity contribution >= 4 is 6.29 Å². The Morgan fingerprint density at radius 3 is 2.11 bits per heavy atom. The second-order valence-electron chi connectivity index (χ2n) is 3.75. The van der Waals surface area contributed by atoms with Gasteiger partial charge in [-0.05, 0) is 17.2 Å². The molecule has 92 valence electrons. The van der Waals surface area contributed by atoms with Gasteiger partial charge in [-0.2, -0.15) is 13.2 Å². The van der Waals surface area contributed by atoms with Crippen molar-refractivity contribution in [3.05, 3.63) is 59.7 Å². The minimum atomic E-state index is -4.53. The molecule has 2 aromatic rings. The molecule has 0 bridgehead atoms. The number of hydrogen-bond donors (Lipinski definition) is 0. The molecule has 0 aromatic heterocycles. The summed E-state index contributed by atoms with van der Waals surface area (Å²) >= 11 is 0. The monoisotopic (exact) mass is 250 g/mol. The van der Waals surface area contributed by atoms with Gasteiger partial charge in [0, 0.05) is 5.56 Å². The largest absolute Gasteiger partial charge is 0.417 e. The minimum absolute atomic E-state index is 0.255. The number of halogens is 3. The van der Waals surface area contributed by atoms with Crippen LogP contribution in [0.4, 0.5) is 13.2 Å². The minimum Gasteiger partial charge on any atom is -0.298 e. The van der Waals surface area contributed by atoms with Crippen LogP contribution in [0.1, 0.15) is 15.9 Å². The molecule has 2 rings (SSSR count). The van der Waals surface area contributed by atoms with E-state index < -0.39 is 11.7 Å². The number of hydrogen-bond acceptors (Lipinski definition) is 1. The van der Waals surface area contributed by atoms with Gasteiger partial charge in [0.2, 0.25) is 0 Å². The first-order valence-corrected chi connectivity index (χ1v) is 5.25. The first-order valence-electron chi connectivity index (χ1n) is 5.25. The molecule has 0 unspecified atom stereocenters. The Labute approximate surface area is 102 Å². The van der Waals surface area contributed by atoms with Gasteiger partial charge in [0.25, 0.3) is 0 Å². The van der Waals surface area contributed by atoms with E-state index in [1.54, 1.807) is 30.3 Å². The van der Waals surface area contributed by atoms with Gasteiger partial charge in [0.15, 0.2) is 6.29 Å². The van der Waals surface area contributed by atoms with Crippen LogP contribution in [0.5, 0.6) is 0 Å². The normalized spacial score (nSPS) is 11.3. The first kappa shape index (κ1) is 12.4. The van der Waals surface area contributed by atoms with E-state index in [9.17, 15) is 18.0 Å². The van der Waals surface area contributed by atoms with Gasteiger partial charge in [0.1, 0.15) is 0 Å². The molecule has 4 heteroatoms. The summed E-state index contributed by atoms with van der Waals surface area (Å²) in [6.07, 6.45) is -4.27. The predicted octanol–water partition coefficient (Wildman–Crippen LogP) is 4.18. The topological polar surface area (TPSA) is 17.1 Å². The highest BCUT2D eigenvalue weighted by Gasteiger charge is 2.34. The Kier molecular flexibility index (Phi) is 3.19. The van der Waals surface area contributed by atoms with E-state index in [-0.39, 0.29) is 11.8 Å². The SMILES string of the molecule is O=Cc1c(-c2ccccc2)cccc1C(F)(F)F. The lowest BCUT2D eigenvalue weighted by molar-refractivity contribution is -0.137. The Bertz CT molecular complexity index is 559. The van der Waals surface area contributed by atoms with Crippen LogP contribution in [0.2, 0.25) is 0 Å². The zero-order chi connectivity index (χ0) is 13.2. The van der Waals surface area contributed by atoms with Crippen molar-refractivity contribution in [3.63, 3.8) is 0 Å². The average Bonchev–Trinajstić information content (AvgIpc) is 2.37. The van der Waals surface area contributed by atoms with Crippen molar-refractivity contribution in [2.24, 2.45) is 0 Å². The molecule has 0 fully saturated rings. The molecule has 0 saturated heterocycles. The molecule has 0 saturated carbocycles. The van der Waals surface area contributed by atoms with Crippen molar-refractivity contribution in [1.29, 1.82) is 0 Å². The van der Waals surface area contributed by atoms with Gasteiger partial charge in [-0.25, -0.2) is 0 Å². The highest BCUT2D eigenvalue weighted by Crippen LogP contribution is 2.35. The fraction of sp³-hybridized carbons (Fsp3) is 0.0714. The van der Waals surface area contributed by atoms with E-state index in [4.69, 9.17) is 0 Å². The standard InChI is InChI=1S/C14H9F3O/c15-14(16,17)13-8-4-7-11(12(13)9-18)10-5-2-1-3-6-10/h1-9H. The molecule has 2 aromatic carbocycles. The van der Waals surface area contributed by atoms with Crippen LogP contribution < -0.4 is 0 Å². The fourth-order valence-corrected chi connectivity index (χ4v) is 1.81. The molecule has 0 aliphatic heterocycles. The van der Waals surface area contributed by atoms with E-state index in [1.807, 2.05) is 0 Å². The fourth-order valence-electron chi connectivity index (χ4n) is 1.81. The molecule has 1 nitrogen and oxygen atoms in total. The van der Waals surface area contributed by atoms with E-state index in [2.05, 4.69) is 0 Å². The van der Waals surface area contributed by atoms with Gasteiger partial charge in [-0.3, -0.25) is 4.79 Å². The maximum atomic E-state index is 12.8. The number of rotatable bonds is 2. The third kappa shape index (κ3) is 2.27. The maximum absolute atomic E-state index is 12.8. The van der Waals surface area contributed by atoms with Crippen molar-refractivity contribution in [2.75, 3.05) is 0 Å². The molecule has 0 heterocycles. The third-order valence-electron chi connectivity index (χ3n) is 2.61. The zero-order valence-electron chi connectivity index (χ0n) is 9.24. The first-order chi connectivity index (χ1) is 8.54. The molecule has 0 N–H and O–H groups in total. The lowest BCUT2D eigenvalue weighted by atomic mass is 9.96. The average molecular weight is 250 g/mol. The molecule has 0 spiro atoms. The summed E-state index contributed by atoms with van der Waals surface area (Å²) in [7, 11) is 0. The van der Waals surface area contributed by atoms with Gasteiger partial charge >= 0.3 is 6.18 Å². The van der Waals surface area contributed by atoms with Gasteiger partial charge in [-0.1, -0.05) is 42.5 Å². The summed E-state index contributed by atoms with van der Waals surface area (Å²) < 4.78 is 38.3. The van der Waals surface area contributed by atoms with Crippen LogP contribution in [0, 0.1) is 0 Å². The summed E-state index contributed by atoms with van der Waals surface area (Å²) in [5.74, 6) is 0. The summed E-state index contributed by atoms with van der Waals surface area (Å²) in [4.78, 5) is 11.0. The van der Waals surface area contributed by atoms with Gasteiger partial charge < -0.3 is 0 Å². The predicted molar refractivity (Wildman–Crippen MR) is 62.3 cm³/mol. The zero-order valence-corrected chi connectivity index (χ0v) is 9.24. The van der Waals surface area contributed by atoms with Crippen molar-refractivity contribution in [3.8, 4) is 11.1 Å². The Hall–Kier alpha value is -2.10. The molecule has 0 atom stereocenters. The molecule has 0 aliphatic carbocycles. The maximum Gasteiger partial charge on any atom is 0.417 e. The molecule has 18 heavy (non-hydrogen) atoms.